The van der Waals surface area contributed by atoms with Gasteiger partial charge in [-0.25, -0.2) is 0 Å². The molecule has 0 bridgehead atoms. The molecule has 16 heavy (non-hydrogen) atoms. The lowest BCUT2D eigenvalue weighted by Crippen LogP contribution is -2.37. The third-order valence-electron chi connectivity index (χ3n) is 3.48. The summed E-state index contributed by atoms with van der Waals surface area (Å²) in [6.07, 6.45) is 2.35. The van der Waals surface area contributed by atoms with Gasteiger partial charge in [0, 0.05) is 33.8 Å². The SMILES string of the molecule is CC1C(OSBr)C(CO)OC1N1CCCC1. The summed E-state index contributed by atoms with van der Waals surface area (Å²) < 4.78 is 11.4. The number of aliphatic hydroxyl groups excluding tert-OH is 1. The molecule has 4 unspecified atom stereocenters. The highest BCUT2D eigenvalue weighted by Crippen LogP contribution is 2.35. The molecule has 2 saturated heterocycles. The largest absolute Gasteiger partial charge is 0.394 e. The van der Waals surface area contributed by atoms with Crippen molar-refractivity contribution in [3.8, 4) is 0 Å². The standard InChI is InChI=1S/C10H18BrNO3S/c1-7-9(15-16-11)8(6-13)14-10(7)12-4-2-3-5-12/h7-10,13H,2-6H2,1H3. The number of nitrogens with zero attached hydrogens (tertiary/aromatic N) is 1. The molecule has 2 aliphatic heterocycles. The van der Waals surface area contributed by atoms with Gasteiger partial charge in [0.1, 0.15) is 18.4 Å². The van der Waals surface area contributed by atoms with E-state index in [0.29, 0.717) is 5.92 Å². The lowest BCUT2D eigenvalue weighted by molar-refractivity contribution is -0.0743. The van der Waals surface area contributed by atoms with Crippen molar-refractivity contribution >= 4 is 25.3 Å². The second-order valence-electron chi connectivity index (χ2n) is 4.47. The van der Waals surface area contributed by atoms with E-state index in [1.165, 1.54) is 23.3 Å². The molecule has 2 fully saturated rings. The van der Waals surface area contributed by atoms with Crippen LogP contribution in [0, 0.1) is 5.92 Å². The van der Waals surface area contributed by atoms with Crippen molar-refractivity contribution < 1.29 is 14.0 Å². The Kier molecular flexibility index (Phi) is 4.93. The number of hydrogen-bond acceptors (Lipinski definition) is 5. The summed E-state index contributed by atoms with van der Waals surface area (Å²) >= 11 is 3.19. The molecule has 0 aromatic heterocycles. The van der Waals surface area contributed by atoms with Crippen molar-refractivity contribution in [2.45, 2.75) is 38.2 Å². The van der Waals surface area contributed by atoms with Crippen molar-refractivity contribution in [2.24, 2.45) is 5.92 Å². The summed E-state index contributed by atoms with van der Waals surface area (Å²) in [5, 5.41) is 9.29. The van der Waals surface area contributed by atoms with Gasteiger partial charge in [0.05, 0.1) is 17.1 Å². The fraction of sp³-hybridized carbons (Fsp3) is 1.00. The molecule has 0 saturated carbocycles. The summed E-state index contributed by atoms with van der Waals surface area (Å²) in [5.74, 6) is 0.292. The van der Waals surface area contributed by atoms with Gasteiger partial charge in [-0.1, -0.05) is 6.92 Å². The minimum Gasteiger partial charge on any atom is -0.394 e. The van der Waals surface area contributed by atoms with Crippen LogP contribution in [0.3, 0.4) is 0 Å². The highest BCUT2D eigenvalue weighted by atomic mass is 79.9. The van der Waals surface area contributed by atoms with Gasteiger partial charge in [0.25, 0.3) is 0 Å². The minimum atomic E-state index is -0.203. The van der Waals surface area contributed by atoms with Gasteiger partial charge < -0.3 is 9.84 Å². The maximum absolute atomic E-state index is 9.29. The number of aliphatic hydroxyl groups is 1. The minimum absolute atomic E-state index is 0.0207. The first-order valence-corrected chi connectivity index (χ1v) is 8.30. The van der Waals surface area contributed by atoms with E-state index < -0.39 is 0 Å². The summed E-state index contributed by atoms with van der Waals surface area (Å²) in [6.45, 7) is 4.35. The van der Waals surface area contributed by atoms with Crippen molar-refractivity contribution in [2.75, 3.05) is 19.7 Å². The van der Waals surface area contributed by atoms with Crippen molar-refractivity contribution in [3.63, 3.8) is 0 Å². The van der Waals surface area contributed by atoms with E-state index in [1.807, 2.05) is 0 Å². The Bertz CT molecular complexity index is 228. The second kappa shape index (κ2) is 6.02. The molecule has 0 aromatic rings. The Labute approximate surface area is 108 Å². The molecule has 4 atom stereocenters. The molecule has 1 N–H and O–H groups in total. The maximum Gasteiger partial charge on any atom is 0.116 e. The normalized spacial score (nSPS) is 40.7. The fourth-order valence-electron chi connectivity index (χ4n) is 2.63. The third kappa shape index (κ3) is 2.57. The van der Waals surface area contributed by atoms with Crippen LogP contribution in [-0.2, 0) is 8.92 Å². The Balaban J connectivity index is 2.00. The van der Waals surface area contributed by atoms with Crippen LogP contribution in [0.1, 0.15) is 19.8 Å². The quantitative estimate of drug-likeness (QED) is 0.802. The molecular formula is C10H18BrNO3S. The van der Waals surface area contributed by atoms with Gasteiger partial charge in [-0.15, -0.1) is 0 Å². The van der Waals surface area contributed by atoms with Crippen molar-refractivity contribution in [1.82, 2.24) is 4.90 Å². The second-order valence-corrected chi connectivity index (χ2v) is 5.59. The molecule has 2 heterocycles. The van der Waals surface area contributed by atoms with Crippen LogP contribution in [0.25, 0.3) is 0 Å². The predicted molar refractivity (Wildman–Crippen MR) is 67.1 cm³/mol. The summed E-state index contributed by atoms with van der Waals surface area (Å²) in [7, 11) is 1.17. The smallest absolute Gasteiger partial charge is 0.116 e. The molecule has 0 radical (unpaired) electrons. The summed E-state index contributed by atoms with van der Waals surface area (Å²) in [5.41, 5.74) is 0. The van der Waals surface area contributed by atoms with Crippen LogP contribution >= 0.6 is 25.3 Å². The lowest BCUT2D eigenvalue weighted by Gasteiger charge is -2.26. The number of rotatable bonds is 4. The van der Waals surface area contributed by atoms with Gasteiger partial charge in [-0.05, 0) is 12.8 Å². The molecule has 0 spiro atoms. The first-order valence-electron chi connectivity index (χ1n) is 5.72. The third-order valence-corrected chi connectivity index (χ3v) is 4.23. The van der Waals surface area contributed by atoms with E-state index >= 15 is 0 Å². The van der Waals surface area contributed by atoms with Crippen LogP contribution in [-0.4, -0.2) is 48.1 Å². The molecular weight excluding hydrogens is 294 g/mol. The van der Waals surface area contributed by atoms with Crippen LogP contribution in [0.2, 0.25) is 0 Å². The molecule has 0 amide bonds. The first kappa shape index (κ1) is 13.1. The van der Waals surface area contributed by atoms with E-state index in [-0.39, 0.29) is 25.0 Å². The van der Waals surface area contributed by atoms with Crippen molar-refractivity contribution in [3.05, 3.63) is 0 Å². The van der Waals surface area contributed by atoms with Gasteiger partial charge in [-0.2, -0.15) is 0 Å². The van der Waals surface area contributed by atoms with E-state index in [0.717, 1.165) is 13.1 Å². The molecule has 0 aliphatic carbocycles. The molecule has 2 aliphatic rings. The molecule has 94 valence electrons. The topological polar surface area (TPSA) is 41.9 Å². The number of halogens is 1. The van der Waals surface area contributed by atoms with Crippen LogP contribution in [0.5, 0.6) is 0 Å². The van der Waals surface area contributed by atoms with Crippen molar-refractivity contribution in [1.29, 1.82) is 0 Å². The molecule has 6 heteroatoms. The monoisotopic (exact) mass is 311 g/mol. The molecule has 0 aromatic carbocycles. The number of hydrogen-bond donors (Lipinski definition) is 1. The average molecular weight is 312 g/mol. The van der Waals surface area contributed by atoms with Crippen LogP contribution < -0.4 is 0 Å². The zero-order valence-corrected chi connectivity index (χ0v) is 11.7. The van der Waals surface area contributed by atoms with Crippen LogP contribution in [0.4, 0.5) is 0 Å². The Morgan fingerprint density at radius 2 is 2.19 bits per heavy atom. The lowest BCUT2D eigenvalue weighted by atomic mass is 10.0. The average Bonchev–Trinajstić information content (AvgIpc) is 2.89. The zero-order valence-electron chi connectivity index (χ0n) is 9.34. The molecule has 4 nitrogen and oxygen atoms in total. The van der Waals surface area contributed by atoms with Crippen LogP contribution in [0.15, 0.2) is 0 Å². The van der Waals surface area contributed by atoms with E-state index in [4.69, 9.17) is 8.92 Å². The Morgan fingerprint density at radius 1 is 1.50 bits per heavy atom. The van der Waals surface area contributed by atoms with Gasteiger partial charge in [-0.3, -0.25) is 9.08 Å². The Hall–Kier alpha value is 0.670. The number of ether oxygens (including phenoxy) is 1. The Morgan fingerprint density at radius 3 is 2.75 bits per heavy atom. The summed E-state index contributed by atoms with van der Waals surface area (Å²) in [6, 6.07) is 0. The predicted octanol–water partition coefficient (Wildman–Crippen LogP) is 1.78. The van der Waals surface area contributed by atoms with Gasteiger partial charge in [0.2, 0.25) is 0 Å². The highest BCUT2D eigenvalue weighted by Gasteiger charge is 2.45. The zero-order chi connectivity index (χ0) is 11.5. The van der Waals surface area contributed by atoms with Gasteiger partial charge >= 0.3 is 0 Å². The van der Waals surface area contributed by atoms with E-state index in [2.05, 4.69) is 26.6 Å². The molecule has 2 rings (SSSR count). The fourth-order valence-corrected chi connectivity index (χ4v) is 3.55. The number of likely N-dealkylation sites (tertiary alicyclic amines) is 1. The first-order chi connectivity index (χ1) is 7.77. The van der Waals surface area contributed by atoms with Gasteiger partial charge in [0.15, 0.2) is 0 Å². The van der Waals surface area contributed by atoms with E-state index in [9.17, 15) is 5.11 Å². The summed E-state index contributed by atoms with van der Waals surface area (Å²) in [4.78, 5) is 2.36. The highest BCUT2D eigenvalue weighted by molar-refractivity contribution is 9.49. The van der Waals surface area contributed by atoms with E-state index in [1.54, 1.807) is 0 Å². The maximum atomic E-state index is 9.29.